The molecule has 20 nitrogen and oxygen atoms in total. The van der Waals surface area contributed by atoms with E-state index in [1.807, 2.05) is 6.92 Å². The molecule has 24 heteroatoms. The second-order valence-corrected chi connectivity index (χ2v) is 19.0. The summed E-state index contributed by atoms with van der Waals surface area (Å²) in [5, 5.41) is 42.8. The van der Waals surface area contributed by atoms with Crippen LogP contribution in [-0.4, -0.2) is 119 Å². The van der Waals surface area contributed by atoms with Gasteiger partial charge in [-0.25, -0.2) is 13.7 Å². The van der Waals surface area contributed by atoms with Gasteiger partial charge in [0.1, 0.15) is 49.5 Å². The van der Waals surface area contributed by atoms with Crippen LogP contribution in [0, 0.1) is 82.7 Å². The van der Waals surface area contributed by atoms with E-state index in [4.69, 9.17) is 49.6 Å². The van der Waals surface area contributed by atoms with Gasteiger partial charge in [-0.05, 0) is 89.1 Å². The van der Waals surface area contributed by atoms with E-state index in [9.17, 15) is 43.5 Å². The van der Waals surface area contributed by atoms with Gasteiger partial charge in [0.25, 0.3) is 0 Å². The molecule has 68 heavy (non-hydrogen) atoms. The van der Waals surface area contributed by atoms with Gasteiger partial charge in [0, 0.05) is 43.1 Å². The number of thioether (sulfide) groups is 1. The lowest BCUT2D eigenvalue weighted by atomic mass is 9.85. The third kappa shape index (κ3) is 34.8. The molecule has 1 saturated carbocycles. The first-order chi connectivity index (χ1) is 32.2. The number of aliphatic hydroxyl groups is 4. The van der Waals surface area contributed by atoms with Crippen molar-refractivity contribution in [2.45, 2.75) is 159 Å². The van der Waals surface area contributed by atoms with E-state index in [0.29, 0.717) is 12.8 Å². The standard InChI is InChI=1S/C26H53O19P3.C18H8OS.13H2/c1-2-3-4-5-6-7-8-9-10-11-12-13-14-15-20(28)42-19(16-40-18-27)17-41-48(38,39)45-24-21(29)22(30)25(43-46(32,33)34)26(23(24)31)44-47(35,36)37;1-3-5-6-7-8-9-10-11-12-13-14-15-17-20-18(19)16-4-2;;;;;;;;;;;;;/h19,21-27,29-31H,2-18H2,1H3,(H,38,39)(H2,32,33,34)(H2,35,36,37);1H,4,16H2,2H3;13*1H/t19-,21+,22?,23?,24?,25-,26+;;;;;;;;;;;;;;/m1............../s1. The number of carbonyl (C=O) groups is 2. The number of unbranched alkanes of at least 4 members (excludes halogenated alkanes) is 12. The Balaban J connectivity index is -0.0000000986. The average Bonchev–Trinajstić information content (AvgIpc) is 3.26. The first-order valence-corrected chi connectivity index (χ1v) is 26.8. The highest BCUT2D eigenvalue weighted by Crippen LogP contribution is 2.51. The molecule has 0 aromatic rings. The van der Waals surface area contributed by atoms with E-state index < -0.39 is 92.2 Å². The second kappa shape index (κ2) is 38.3. The normalized spacial score (nSPS) is 19.6. The number of phosphoric ester groups is 3. The minimum absolute atomic E-state index is 0. The van der Waals surface area contributed by atoms with Crippen molar-refractivity contribution in [3.05, 3.63) is 0 Å². The molecule has 1 fully saturated rings. The molecule has 0 aliphatic heterocycles. The largest absolute Gasteiger partial charge is 0.472 e. The molecular weight excluding hydrogens is 973 g/mol. The van der Waals surface area contributed by atoms with Crippen LogP contribution in [0.4, 0.5) is 0 Å². The van der Waals surface area contributed by atoms with Crippen LogP contribution in [0.15, 0.2) is 0 Å². The Hall–Kier alpha value is -3.46. The lowest BCUT2D eigenvalue weighted by Crippen LogP contribution is -2.65. The number of rotatable bonds is 29. The Morgan fingerprint density at radius 1 is 0.588 bits per heavy atom. The Labute approximate surface area is 422 Å². The summed E-state index contributed by atoms with van der Waals surface area (Å²) in [6.07, 6.45) is 4.55. The Morgan fingerprint density at radius 3 is 1.49 bits per heavy atom. The van der Waals surface area contributed by atoms with Crippen molar-refractivity contribution in [1.82, 2.24) is 0 Å². The van der Waals surface area contributed by atoms with E-state index in [1.54, 1.807) is 0 Å². The van der Waals surface area contributed by atoms with E-state index in [0.717, 1.165) is 43.9 Å². The van der Waals surface area contributed by atoms with Gasteiger partial charge in [0.05, 0.1) is 13.2 Å². The van der Waals surface area contributed by atoms with Crippen LogP contribution in [0.1, 0.15) is 135 Å². The van der Waals surface area contributed by atoms with Crippen LogP contribution in [0.5, 0.6) is 0 Å². The lowest BCUT2D eigenvalue weighted by molar-refractivity contribution is -0.213. The second-order valence-electron chi connectivity index (χ2n) is 14.4. The lowest BCUT2D eigenvalue weighted by Gasteiger charge is -2.44. The molecule has 1 rings (SSSR count). The number of hydrogen-bond acceptors (Lipinski definition) is 16. The molecule has 0 bridgehead atoms. The molecule has 0 aromatic carbocycles. The van der Waals surface area contributed by atoms with Crippen LogP contribution in [0.2, 0.25) is 0 Å². The summed E-state index contributed by atoms with van der Waals surface area (Å²) >= 11 is 0.959. The van der Waals surface area contributed by atoms with Gasteiger partial charge in [0.2, 0.25) is 5.12 Å². The van der Waals surface area contributed by atoms with Gasteiger partial charge in [-0.3, -0.25) is 27.7 Å². The number of esters is 1. The number of carbonyl (C=O) groups excluding carboxylic acids is 2. The van der Waals surface area contributed by atoms with E-state index >= 15 is 0 Å². The molecular formula is C44H87O20P3S. The predicted octanol–water partition coefficient (Wildman–Crippen LogP) is 6.76. The molecule has 0 saturated heterocycles. The maximum absolute atomic E-state index is 12.7. The van der Waals surface area contributed by atoms with Crippen molar-refractivity contribution in [3.8, 4) is 82.7 Å². The average molecular weight is 1060 g/mol. The third-order valence-electron chi connectivity index (χ3n) is 8.76. The molecule has 0 aromatic heterocycles. The highest BCUT2D eigenvalue weighted by molar-refractivity contribution is 8.17. The monoisotopic (exact) mass is 1060 g/mol. The first-order valence-electron chi connectivity index (χ1n) is 21.4. The molecule has 0 spiro atoms. The number of ether oxygens (including phenoxy) is 2. The summed E-state index contributed by atoms with van der Waals surface area (Å²) in [4.78, 5) is 70.2. The number of phosphoric acid groups is 3. The van der Waals surface area contributed by atoms with Gasteiger partial charge >= 0.3 is 29.4 Å². The predicted molar refractivity (Wildman–Crippen MR) is 276 cm³/mol. The van der Waals surface area contributed by atoms with Gasteiger partial charge in [-0.2, -0.15) is 0 Å². The van der Waals surface area contributed by atoms with Gasteiger partial charge in [-0.1, -0.05) is 90.9 Å². The van der Waals surface area contributed by atoms with Crippen molar-refractivity contribution in [3.63, 3.8) is 0 Å². The van der Waals surface area contributed by atoms with Crippen LogP contribution in [0.25, 0.3) is 0 Å². The van der Waals surface area contributed by atoms with Gasteiger partial charge in [-0.15, -0.1) is 6.42 Å². The highest BCUT2D eigenvalue weighted by atomic mass is 32.2. The van der Waals surface area contributed by atoms with Crippen molar-refractivity contribution < 1.29 is 114 Å². The zero-order valence-electron chi connectivity index (χ0n) is 37.8. The van der Waals surface area contributed by atoms with E-state index in [1.165, 1.54) is 51.4 Å². The summed E-state index contributed by atoms with van der Waals surface area (Å²) in [6.45, 7) is 1.99. The fourth-order valence-corrected chi connectivity index (χ4v) is 8.35. The fraction of sp³-hybridized carbons (Fsp3) is 0.636. The minimum Gasteiger partial charge on any atom is -0.457 e. The molecule has 4 unspecified atom stereocenters. The Bertz CT molecular complexity index is 2150. The number of terminal acetylenes is 1. The maximum atomic E-state index is 12.7. The zero-order valence-corrected chi connectivity index (χ0v) is 41.3. The molecule has 1 aliphatic carbocycles. The Kier molecular flexibility index (Phi) is 36.4. The smallest absolute Gasteiger partial charge is 0.457 e. The fourth-order valence-electron chi connectivity index (χ4n) is 5.73. The number of aliphatic hydroxyl groups excluding tert-OH is 4. The van der Waals surface area contributed by atoms with Crippen LogP contribution in [0.3, 0.4) is 0 Å². The molecule has 8 atom stereocenters. The third-order valence-corrected chi connectivity index (χ3v) is 11.4. The van der Waals surface area contributed by atoms with Crippen LogP contribution < -0.4 is 0 Å². The SMILES string of the molecule is C#CC#CC#CC#CC#CC#CC#CSC(=O)CCC.CCCCCCCCCCCCCCCC(=O)O[C@H](COCO)COP(=O)(O)OC1C(O)[C@H](OP(=O)(O)O)[C@H](OP(=O)(O)O)C(O)[C@@H]1O.[HH].[HH].[HH].[HH].[HH].[HH].[HH].[HH].[HH].[HH].[HH].[HH].[HH]. The summed E-state index contributed by atoms with van der Waals surface area (Å²) < 4.78 is 63.4. The quantitative estimate of drug-likeness (QED) is 0.0123. The van der Waals surface area contributed by atoms with Gasteiger partial charge in [0.15, 0.2) is 0 Å². The maximum Gasteiger partial charge on any atom is 0.472 e. The van der Waals surface area contributed by atoms with Crippen molar-refractivity contribution in [2.75, 3.05) is 20.0 Å². The molecule has 404 valence electrons. The summed E-state index contributed by atoms with van der Waals surface area (Å²) in [5.41, 5.74) is 0. The van der Waals surface area contributed by atoms with Gasteiger partial charge < -0.3 is 54.4 Å². The van der Waals surface area contributed by atoms with Crippen molar-refractivity contribution in [1.29, 1.82) is 0 Å². The summed E-state index contributed by atoms with van der Waals surface area (Å²) in [6, 6.07) is 0. The van der Waals surface area contributed by atoms with Crippen molar-refractivity contribution >= 4 is 46.3 Å². The van der Waals surface area contributed by atoms with Crippen LogP contribution >= 0.6 is 35.2 Å². The topological polar surface area (TPSA) is 323 Å². The highest BCUT2D eigenvalue weighted by Gasteiger charge is 2.56. The molecule has 0 amide bonds. The van der Waals surface area contributed by atoms with Crippen LogP contribution in [-0.2, 0) is 50.9 Å². The van der Waals surface area contributed by atoms with Crippen molar-refractivity contribution in [2.24, 2.45) is 0 Å². The molecule has 9 N–H and O–H groups in total. The first kappa shape index (κ1) is 64.5. The summed E-state index contributed by atoms with van der Waals surface area (Å²) in [7, 11) is -16.4. The summed E-state index contributed by atoms with van der Waals surface area (Å²) in [5.74, 6) is 28.5. The Morgan fingerprint density at radius 2 is 1.03 bits per heavy atom. The number of hydrogen-bond donors (Lipinski definition) is 9. The molecule has 0 heterocycles. The van der Waals surface area contributed by atoms with E-state index in [-0.39, 0.29) is 30.1 Å². The minimum atomic E-state index is -5.56. The molecule has 1 aliphatic rings. The molecule has 0 radical (unpaired) electrons. The zero-order chi connectivity index (χ0) is 51.3. The van der Waals surface area contributed by atoms with E-state index in [2.05, 4.69) is 92.3 Å².